The van der Waals surface area contributed by atoms with Crippen LogP contribution in [0.4, 0.5) is 4.79 Å². The molecule has 2 aliphatic rings. The van der Waals surface area contributed by atoms with E-state index in [9.17, 15) is 9.59 Å². The third kappa shape index (κ3) is 3.85. The molecule has 0 bridgehead atoms. The van der Waals surface area contributed by atoms with Gasteiger partial charge in [-0.3, -0.25) is 4.79 Å². The molecule has 1 saturated heterocycles. The summed E-state index contributed by atoms with van der Waals surface area (Å²) in [6.07, 6.45) is 1.02. The van der Waals surface area contributed by atoms with E-state index >= 15 is 0 Å². The van der Waals surface area contributed by atoms with Crippen LogP contribution in [0.25, 0.3) is 0 Å². The molecule has 20 heavy (non-hydrogen) atoms. The zero-order chi connectivity index (χ0) is 14.9. The molecule has 4 atom stereocenters. The van der Waals surface area contributed by atoms with Gasteiger partial charge in [-0.1, -0.05) is 0 Å². The first-order valence-corrected chi connectivity index (χ1v) is 7.11. The summed E-state index contributed by atoms with van der Waals surface area (Å²) in [5.74, 6) is -0.631. The number of amides is 1. The predicted octanol–water partition coefficient (Wildman–Crippen LogP) is 1.62. The quantitative estimate of drug-likeness (QED) is 0.630. The lowest BCUT2D eigenvalue weighted by Gasteiger charge is -2.29. The normalized spacial score (nSPS) is 32.0. The van der Waals surface area contributed by atoms with E-state index in [4.69, 9.17) is 14.2 Å². The Morgan fingerprint density at radius 3 is 2.50 bits per heavy atom. The van der Waals surface area contributed by atoms with Crippen molar-refractivity contribution in [3.8, 4) is 0 Å². The van der Waals surface area contributed by atoms with Crippen LogP contribution in [-0.2, 0) is 19.0 Å². The summed E-state index contributed by atoms with van der Waals surface area (Å²) in [4.78, 5) is 23.8. The number of ether oxygens (including phenoxy) is 3. The molecule has 0 aromatic heterocycles. The Morgan fingerprint density at radius 1 is 1.25 bits per heavy atom. The number of fused-ring (bicyclic) bond motifs is 1. The number of carbonyl (C=O) groups is 2. The summed E-state index contributed by atoms with van der Waals surface area (Å²) >= 11 is 0. The van der Waals surface area contributed by atoms with Gasteiger partial charge in [-0.05, 0) is 40.5 Å². The Morgan fingerprint density at radius 2 is 1.90 bits per heavy atom. The summed E-state index contributed by atoms with van der Waals surface area (Å²) in [6.45, 7) is 7.51. The minimum Gasteiger partial charge on any atom is -0.466 e. The molecule has 0 aromatic carbocycles. The van der Waals surface area contributed by atoms with Crippen LogP contribution in [0.5, 0.6) is 0 Å². The molecule has 1 heterocycles. The Labute approximate surface area is 119 Å². The molecule has 0 radical (unpaired) electrons. The van der Waals surface area contributed by atoms with Crippen molar-refractivity contribution in [2.45, 2.75) is 64.4 Å². The molecule has 1 amide bonds. The van der Waals surface area contributed by atoms with E-state index in [1.165, 1.54) is 0 Å². The summed E-state index contributed by atoms with van der Waals surface area (Å²) in [7, 11) is 0. The van der Waals surface area contributed by atoms with Gasteiger partial charge < -0.3 is 19.5 Å². The lowest BCUT2D eigenvalue weighted by Crippen LogP contribution is -2.48. The molecule has 2 fully saturated rings. The molecule has 6 nitrogen and oxygen atoms in total. The van der Waals surface area contributed by atoms with Crippen molar-refractivity contribution >= 4 is 12.1 Å². The molecule has 0 aromatic rings. The van der Waals surface area contributed by atoms with Crippen LogP contribution in [0.3, 0.4) is 0 Å². The third-order valence-corrected chi connectivity index (χ3v) is 3.44. The highest BCUT2D eigenvalue weighted by atomic mass is 16.6. The molecule has 1 aliphatic heterocycles. The van der Waals surface area contributed by atoms with Crippen molar-refractivity contribution in [1.82, 2.24) is 5.32 Å². The fourth-order valence-electron chi connectivity index (χ4n) is 2.55. The molecule has 1 N–H and O–H groups in total. The second-order valence-electron chi connectivity index (χ2n) is 6.30. The van der Waals surface area contributed by atoms with Crippen molar-refractivity contribution in [3.05, 3.63) is 0 Å². The molecule has 2 rings (SSSR count). The van der Waals surface area contributed by atoms with Crippen LogP contribution < -0.4 is 5.32 Å². The number of carbonyl (C=O) groups excluding carboxylic acids is 2. The second-order valence-corrected chi connectivity index (χ2v) is 6.30. The Hall–Kier alpha value is -1.30. The molecule has 6 heteroatoms. The van der Waals surface area contributed by atoms with Crippen LogP contribution in [0.2, 0.25) is 0 Å². The number of nitrogens with one attached hydrogen (secondary N) is 1. The Balaban J connectivity index is 1.95. The second kappa shape index (κ2) is 5.60. The minimum absolute atomic E-state index is 0.140. The Kier molecular flexibility index (Phi) is 4.22. The van der Waals surface area contributed by atoms with E-state index in [1.807, 2.05) is 0 Å². The van der Waals surface area contributed by atoms with Crippen molar-refractivity contribution in [3.63, 3.8) is 0 Å². The zero-order valence-corrected chi connectivity index (χ0v) is 12.5. The number of hydrogen-bond donors (Lipinski definition) is 1. The Bertz CT molecular complexity index is 390. The van der Waals surface area contributed by atoms with Gasteiger partial charge in [0, 0.05) is 6.04 Å². The van der Waals surface area contributed by atoms with Gasteiger partial charge in [-0.15, -0.1) is 0 Å². The fraction of sp³-hybridized carbons (Fsp3) is 0.857. The van der Waals surface area contributed by atoms with Crippen molar-refractivity contribution in [1.29, 1.82) is 0 Å². The lowest BCUT2D eigenvalue weighted by atomic mass is 9.84. The van der Waals surface area contributed by atoms with Gasteiger partial charge in [-0.25, -0.2) is 4.79 Å². The number of rotatable bonds is 3. The van der Waals surface area contributed by atoms with E-state index in [-0.39, 0.29) is 30.1 Å². The first-order chi connectivity index (χ1) is 9.30. The smallest absolute Gasteiger partial charge is 0.407 e. The van der Waals surface area contributed by atoms with Crippen LogP contribution in [-0.4, -0.2) is 42.5 Å². The number of epoxide rings is 1. The van der Waals surface area contributed by atoms with Crippen LogP contribution in [0, 0.1) is 5.92 Å². The van der Waals surface area contributed by atoms with E-state index in [0.717, 1.165) is 0 Å². The molecule has 1 saturated carbocycles. The highest BCUT2D eigenvalue weighted by Crippen LogP contribution is 2.40. The summed E-state index contributed by atoms with van der Waals surface area (Å²) in [5, 5.41) is 2.78. The van der Waals surface area contributed by atoms with Crippen LogP contribution >= 0.6 is 0 Å². The minimum atomic E-state index is -0.559. The maximum absolute atomic E-state index is 12.0. The molecular weight excluding hydrogens is 262 g/mol. The van der Waals surface area contributed by atoms with Crippen molar-refractivity contribution in [2.24, 2.45) is 5.92 Å². The van der Waals surface area contributed by atoms with E-state index in [1.54, 1.807) is 27.7 Å². The number of hydrogen-bond acceptors (Lipinski definition) is 5. The van der Waals surface area contributed by atoms with Gasteiger partial charge >= 0.3 is 12.1 Å². The van der Waals surface area contributed by atoms with Gasteiger partial charge in [0.15, 0.2) is 0 Å². The van der Waals surface area contributed by atoms with Crippen LogP contribution in [0.15, 0.2) is 0 Å². The summed E-state index contributed by atoms with van der Waals surface area (Å²) < 4.78 is 15.8. The topological polar surface area (TPSA) is 77.2 Å². The van der Waals surface area contributed by atoms with Gasteiger partial charge in [0.1, 0.15) is 5.60 Å². The highest BCUT2D eigenvalue weighted by Gasteiger charge is 2.51. The predicted molar refractivity (Wildman–Crippen MR) is 71.2 cm³/mol. The highest BCUT2D eigenvalue weighted by molar-refractivity contribution is 5.75. The molecule has 114 valence electrons. The van der Waals surface area contributed by atoms with E-state index in [0.29, 0.717) is 19.4 Å². The molecule has 0 unspecified atom stereocenters. The molecule has 0 spiro atoms. The third-order valence-electron chi connectivity index (χ3n) is 3.44. The van der Waals surface area contributed by atoms with Crippen molar-refractivity contribution in [2.75, 3.05) is 6.61 Å². The maximum Gasteiger partial charge on any atom is 0.407 e. The monoisotopic (exact) mass is 285 g/mol. The summed E-state index contributed by atoms with van der Waals surface area (Å²) in [6, 6.07) is -0.285. The first-order valence-electron chi connectivity index (χ1n) is 7.11. The largest absolute Gasteiger partial charge is 0.466 e. The summed E-state index contributed by atoms with van der Waals surface area (Å²) in [5.41, 5.74) is -0.559. The average molecular weight is 285 g/mol. The fourth-order valence-corrected chi connectivity index (χ4v) is 2.55. The lowest BCUT2D eigenvalue weighted by molar-refractivity contribution is -0.149. The molecule has 1 aliphatic carbocycles. The van der Waals surface area contributed by atoms with Gasteiger partial charge in [-0.2, -0.15) is 0 Å². The van der Waals surface area contributed by atoms with Gasteiger partial charge in [0.05, 0.1) is 24.7 Å². The zero-order valence-electron chi connectivity index (χ0n) is 12.5. The number of esters is 1. The maximum atomic E-state index is 12.0. The standard InChI is InChI=1S/C14H23NO5/c1-5-18-12(16)8-6-10-11(19-10)7-9(8)15-13(17)20-14(2,3)4/h8-11H,5-7H2,1-4H3,(H,15,17)/t8-,9-,10+,11-/m0/s1. The number of alkyl carbamates (subject to hydrolysis) is 1. The van der Waals surface area contributed by atoms with Gasteiger partial charge in [0.2, 0.25) is 0 Å². The molecular formula is C14H23NO5. The van der Waals surface area contributed by atoms with E-state index < -0.39 is 11.7 Å². The van der Waals surface area contributed by atoms with Crippen molar-refractivity contribution < 1.29 is 23.8 Å². The van der Waals surface area contributed by atoms with Gasteiger partial charge in [0.25, 0.3) is 0 Å². The average Bonchev–Trinajstić information content (AvgIpc) is 3.03. The first kappa shape index (κ1) is 15.1. The van der Waals surface area contributed by atoms with E-state index in [2.05, 4.69) is 5.32 Å². The van der Waals surface area contributed by atoms with Crippen LogP contribution in [0.1, 0.15) is 40.5 Å². The SMILES string of the molecule is CCOC(=O)[C@H]1C[C@H]2O[C@H]2C[C@@H]1NC(=O)OC(C)(C)C.